The second kappa shape index (κ2) is 8.33. The third-order valence-corrected chi connectivity index (χ3v) is 4.05. The molecule has 1 aromatic rings. The van der Waals surface area contributed by atoms with Crippen LogP contribution in [0.2, 0.25) is 0 Å². The predicted octanol–water partition coefficient (Wildman–Crippen LogP) is 2.25. The SMILES string of the molecule is CN(CCC(=O)O)C(=O)Nc1ccccc1C(=O)N1CCCCC1. The molecule has 0 radical (unpaired) electrons. The van der Waals surface area contributed by atoms with Crippen LogP contribution in [0.3, 0.4) is 0 Å². The minimum Gasteiger partial charge on any atom is -0.481 e. The number of anilines is 1. The number of aliphatic carboxylic acids is 1. The van der Waals surface area contributed by atoms with E-state index in [-0.39, 0.29) is 18.9 Å². The number of carbonyl (C=O) groups excluding carboxylic acids is 2. The zero-order valence-corrected chi connectivity index (χ0v) is 13.8. The molecule has 1 aromatic carbocycles. The molecule has 0 saturated carbocycles. The van der Waals surface area contributed by atoms with Crippen LogP contribution in [0.4, 0.5) is 10.5 Å². The van der Waals surface area contributed by atoms with Gasteiger partial charge in [-0.2, -0.15) is 0 Å². The summed E-state index contributed by atoms with van der Waals surface area (Å²) in [6.07, 6.45) is 3.01. The first-order valence-electron chi connectivity index (χ1n) is 8.11. The fraction of sp³-hybridized carbons (Fsp3) is 0.471. The smallest absolute Gasteiger partial charge is 0.321 e. The Morgan fingerprint density at radius 2 is 1.83 bits per heavy atom. The van der Waals surface area contributed by atoms with E-state index < -0.39 is 12.0 Å². The van der Waals surface area contributed by atoms with E-state index >= 15 is 0 Å². The Hall–Kier alpha value is -2.57. The predicted molar refractivity (Wildman–Crippen MR) is 90.1 cm³/mol. The highest BCUT2D eigenvalue weighted by atomic mass is 16.4. The maximum Gasteiger partial charge on any atom is 0.321 e. The van der Waals surface area contributed by atoms with E-state index in [1.807, 2.05) is 4.90 Å². The van der Waals surface area contributed by atoms with Crippen molar-refractivity contribution in [3.63, 3.8) is 0 Å². The monoisotopic (exact) mass is 333 g/mol. The van der Waals surface area contributed by atoms with Crippen molar-refractivity contribution in [2.24, 2.45) is 0 Å². The lowest BCUT2D eigenvalue weighted by atomic mass is 10.1. The van der Waals surface area contributed by atoms with Gasteiger partial charge in [0.2, 0.25) is 0 Å². The number of nitrogens with zero attached hydrogens (tertiary/aromatic N) is 2. The molecule has 1 heterocycles. The molecule has 2 N–H and O–H groups in total. The van der Waals surface area contributed by atoms with Crippen molar-refractivity contribution in [1.29, 1.82) is 0 Å². The molecule has 130 valence electrons. The molecular weight excluding hydrogens is 310 g/mol. The van der Waals surface area contributed by atoms with E-state index in [9.17, 15) is 14.4 Å². The Balaban J connectivity index is 2.06. The fourth-order valence-corrected chi connectivity index (χ4v) is 2.62. The molecule has 0 aromatic heterocycles. The number of carboxylic acids is 1. The Labute approximate surface area is 141 Å². The number of nitrogens with one attached hydrogen (secondary N) is 1. The molecule has 1 fully saturated rings. The van der Waals surface area contributed by atoms with Crippen molar-refractivity contribution in [2.75, 3.05) is 32.0 Å². The van der Waals surface area contributed by atoms with E-state index in [0.29, 0.717) is 11.3 Å². The van der Waals surface area contributed by atoms with Gasteiger partial charge in [0.1, 0.15) is 0 Å². The molecule has 1 aliphatic rings. The van der Waals surface area contributed by atoms with Crippen LogP contribution in [-0.4, -0.2) is 59.5 Å². The summed E-state index contributed by atoms with van der Waals surface area (Å²) >= 11 is 0. The lowest BCUT2D eigenvalue weighted by Crippen LogP contribution is -2.37. The highest BCUT2D eigenvalue weighted by molar-refractivity contribution is 6.03. The molecule has 7 nitrogen and oxygen atoms in total. The molecule has 3 amide bonds. The Kier molecular flexibility index (Phi) is 6.17. The molecule has 0 spiro atoms. The number of carbonyl (C=O) groups is 3. The minimum atomic E-state index is -0.963. The largest absolute Gasteiger partial charge is 0.481 e. The lowest BCUT2D eigenvalue weighted by molar-refractivity contribution is -0.137. The number of urea groups is 1. The average molecular weight is 333 g/mol. The van der Waals surface area contributed by atoms with E-state index in [4.69, 9.17) is 5.11 Å². The zero-order chi connectivity index (χ0) is 17.5. The summed E-state index contributed by atoms with van der Waals surface area (Å²) in [7, 11) is 1.52. The van der Waals surface area contributed by atoms with Crippen LogP contribution in [-0.2, 0) is 4.79 Å². The number of hydrogen-bond acceptors (Lipinski definition) is 3. The van der Waals surface area contributed by atoms with Gasteiger partial charge >= 0.3 is 12.0 Å². The first-order chi connectivity index (χ1) is 11.5. The lowest BCUT2D eigenvalue weighted by Gasteiger charge is -2.27. The summed E-state index contributed by atoms with van der Waals surface area (Å²) in [6, 6.07) is 6.46. The number of carboxylic acid groups (broad SMARTS) is 1. The summed E-state index contributed by atoms with van der Waals surface area (Å²) in [5, 5.41) is 11.4. The van der Waals surface area contributed by atoms with Crippen LogP contribution in [0.15, 0.2) is 24.3 Å². The number of hydrogen-bond donors (Lipinski definition) is 2. The number of amides is 3. The zero-order valence-electron chi connectivity index (χ0n) is 13.8. The van der Waals surface area contributed by atoms with Crippen molar-refractivity contribution >= 4 is 23.6 Å². The molecule has 2 rings (SSSR count). The van der Waals surface area contributed by atoms with E-state index in [0.717, 1.165) is 32.4 Å². The van der Waals surface area contributed by atoms with Crippen LogP contribution in [0, 0.1) is 0 Å². The topological polar surface area (TPSA) is 90.0 Å². The van der Waals surface area contributed by atoms with Crippen LogP contribution < -0.4 is 5.32 Å². The van der Waals surface area contributed by atoms with Gasteiger partial charge in [-0.1, -0.05) is 12.1 Å². The molecule has 1 saturated heterocycles. The Morgan fingerprint density at radius 1 is 1.17 bits per heavy atom. The third kappa shape index (κ3) is 4.71. The highest BCUT2D eigenvalue weighted by Gasteiger charge is 2.21. The van der Waals surface area contributed by atoms with Gasteiger partial charge in [-0.05, 0) is 31.4 Å². The van der Waals surface area contributed by atoms with Crippen molar-refractivity contribution in [3.8, 4) is 0 Å². The third-order valence-electron chi connectivity index (χ3n) is 4.05. The van der Waals surface area contributed by atoms with Gasteiger partial charge in [0.15, 0.2) is 0 Å². The second-order valence-electron chi connectivity index (χ2n) is 5.89. The standard InChI is InChI=1S/C17H23N3O4/c1-19(12-9-15(21)22)17(24)18-14-8-4-3-7-13(14)16(23)20-10-5-2-6-11-20/h3-4,7-8H,2,5-6,9-12H2,1H3,(H,18,24)(H,21,22). The van der Waals surface area contributed by atoms with Gasteiger partial charge in [0.05, 0.1) is 17.7 Å². The molecule has 24 heavy (non-hydrogen) atoms. The molecular formula is C17H23N3O4. The molecule has 7 heteroatoms. The van der Waals surface area contributed by atoms with Gasteiger partial charge in [0.25, 0.3) is 5.91 Å². The molecule has 0 aliphatic carbocycles. The summed E-state index contributed by atoms with van der Waals surface area (Å²) in [6.45, 7) is 1.57. The van der Waals surface area contributed by atoms with Crippen LogP contribution in [0.1, 0.15) is 36.0 Å². The maximum atomic E-state index is 12.7. The first-order valence-corrected chi connectivity index (χ1v) is 8.11. The normalized spacial score (nSPS) is 14.1. The molecule has 0 bridgehead atoms. The van der Waals surface area contributed by atoms with Gasteiger partial charge in [-0.25, -0.2) is 4.79 Å². The quantitative estimate of drug-likeness (QED) is 0.865. The summed E-state index contributed by atoms with van der Waals surface area (Å²) in [5.74, 6) is -1.05. The maximum absolute atomic E-state index is 12.7. The van der Waals surface area contributed by atoms with Crippen molar-refractivity contribution in [3.05, 3.63) is 29.8 Å². The van der Waals surface area contributed by atoms with Crippen molar-refractivity contribution in [1.82, 2.24) is 9.80 Å². The van der Waals surface area contributed by atoms with Crippen molar-refractivity contribution in [2.45, 2.75) is 25.7 Å². The van der Waals surface area contributed by atoms with Crippen LogP contribution in [0.25, 0.3) is 0 Å². The number of benzene rings is 1. The van der Waals surface area contributed by atoms with Gasteiger partial charge in [-0.3, -0.25) is 9.59 Å². The summed E-state index contributed by atoms with van der Waals surface area (Å²) in [4.78, 5) is 38.5. The Morgan fingerprint density at radius 3 is 2.50 bits per heavy atom. The number of likely N-dealkylation sites (tertiary alicyclic amines) is 1. The number of para-hydroxylation sites is 1. The number of piperidine rings is 1. The van der Waals surface area contributed by atoms with Crippen molar-refractivity contribution < 1.29 is 19.5 Å². The molecule has 0 atom stereocenters. The summed E-state index contributed by atoms with van der Waals surface area (Å²) < 4.78 is 0. The van der Waals surface area contributed by atoms with Gasteiger partial charge < -0.3 is 20.2 Å². The molecule has 1 aliphatic heterocycles. The van der Waals surface area contributed by atoms with E-state index in [1.165, 1.54) is 11.9 Å². The fourth-order valence-electron chi connectivity index (χ4n) is 2.62. The highest BCUT2D eigenvalue weighted by Crippen LogP contribution is 2.20. The minimum absolute atomic E-state index is 0.0845. The van der Waals surface area contributed by atoms with E-state index in [2.05, 4.69) is 5.32 Å². The first kappa shape index (κ1) is 17.8. The van der Waals surface area contributed by atoms with Gasteiger partial charge in [-0.15, -0.1) is 0 Å². The van der Waals surface area contributed by atoms with E-state index in [1.54, 1.807) is 24.3 Å². The second-order valence-corrected chi connectivity index (χ2v) is 5.89. The average Bonchev–Trinajstić information content (AvgIpc) is 2.60. The Bertz CT molecular complexity index is 612. The molecule has 0 unspecified atom stereocenters. The number of rotatable bonds is 5. The van der Waals surface area contributed by atoms with Crippen LogP contribution >= 0.6 is 0 Å². The van der Waals surface area contributed by atoms with Crippen LogP contribution in [0.5, 0.6) is 0 Å². The summed E-state index contributed by atoms with van der Waals surface area (Å²) in [5.41, 5.74) is 0.902. The van der Waals surface area contributed by atoms with Gasteiger partial charge in [0, 0.05) is 26.7 Å².